The molecular formula is C27H29ClN4O5. The lowest BCUT2D eigenvalue weighted by atomic mass is 10.0. The molecule has 4 rings (SSSR count). The predicted octanol–water partition coefficient (Wildman–Crippen LogP) is 3.47. The minimum absolute atomic E-state index is 0.0885. The van der Waals surface area contributed by atoms with E-state index in [9.17, 15) is 19.2 Å². The fourth-order valence-corrected chi connectivity index (χ4v) is 4.65. The molecule has 2 aromatic rings. The maximum atomic E-state index is 13.1. The Hall–Kier alpha value is -3.69. The molecular weight excluding hydrogens is 496 g/mol. The van der Waals surface area contributed by atoms with Crippen LogP contribution in [0.25, 0.3) is 0 Å². The third kappa shape index (κ3) is 5.52. The maximum Gasteiger partial charge on any atom is 0.338 e. The van der Waals surface area contributed by atoms with Crippen molar-refractivity contribution in [2.24, 2.45) is 0 Å². The Morgan fingerprint density at radius 2 is 1.73 bits per heavy atom. The van der Waals surface area contributed by atoms with Crippen LogP contribution in [0.15, 0.2) is 59.3 Å². The summed E-state index contributed by atoms with van der Waals surface area (Å²) < 4.78 is 4.96. The van der Waals surface area contributed by atoms with Gasteiger partial charge in [0.25, 0.3) is 17.7 Å². The molecule has 2 heterocycles. The number of ether oxygens (including phenoxy) is 1. The number of imide groups is 1. The number of carbonyl (C=O) groups excluding carboxylic acids is 4. The van der Waals surface area contributed by atoms with Crippen LogP contribution >= 0.6 is 11.6 Å². The summed E-state index contributed by atoms with van der Waals surface area (Å²) in [7, 11) is 3.88. The number of halogens is 1. The van der Waals surface area contributed by atoms with Crippen molar-refractivity contribution < 1.29 is 23.9 Å². The number of hydrogen-bond donors (Lipinski definition) is 1. The lowest BCUT2D eigenvalue weighted by molar-refractivity contribution is -0.120. The molecule has 0 aliphatic carbocycles. The van der Waals surface area contributed by atoms with Crippen LogP contribution in [0.2, 0.25) is 0 Å². The van der Waals surface area contributed by atoms with E-state index in [1.165, 1.54) is 24.3 Å². The molecule has 2 aliphatic heterocycles. The van der Waals surface area contributed by atoms with Crippen LogP contribution < -0.4 is 10.2 Å². The summed E-state index contributed by atoms with van der Waals surface area (Å²) in [6.45, 7) is 3.82. The first-order valence-electron chi connectivity index (χ1n) is 12.1. The zero-order valence-corrected chi connectivity index (χ0v) is 21.7. The first-order chi connectivity index (χ1) is 17.7. The van der Waals surface area contributed by atoms with Crippen molar-refractivity contribution in [2.75, 3.05) is 44.0 Å². The second kappa shape index (κ2) is 11.1. The van der Waals surface area contributed by atoms with Gasteiger partial charge in [0, 0.05) is 24.3 Å². The molecule has 0 atom stereocenters. The van der Waals surface area contributed by atoms with Crippen molar-refractivity contribution in [3.05, 3.63) is 70.4 Å². The van der Waals surface area contributed by atoms with E-state index in [1.807, 2.05) is 7.05 Å². The highest BCUT2D eigenvalue weighted by atomic mass is 35.5. The molecule has 1 saturated heterocycles. The number of nitrogens with zero attached hydrogens (tertiary/aromatic N) is 3. The van der Waals surface area contributed by atoms with Gasteiger partial charge in [-0.3, -0.25) is 14.4 Å². The fraction of sp³-hybridized carbons (Fsp3) is 0.333. The Morgan fingerprint density at radius 1 is 1.05 bits per heavy atom. The highest BCUT2D eigenvalue weighted by Gasteiger charge is 2.39. The molecule has 2 aromatic carbocycles. The predicted molar refractivity (Wildman–Crippen MR) is 140 cm³/mol. The van der Waals surface area contributed by atoms with Crippen molar-refractivity contribution in [1.82, 2.24) is 9.80 Å². The number of piperidine rings is 1. The lowest BCUT2D eigenvalue weighted by Crippen LogP contribution is -2.44. The molecule has 2 aliphatic rings. The molecule has 37 heavy (non-hydrogen) atoms. The molecule has 0 unspecified atom stereocenters. The van der Waals surface area contributed by atoms with E-state index in [1.54, 1.807) is 36.1 Å². The standard InChI is InChI=1S/C27H29ClN4O5/c1-4-37-27(36)17-8-10-21(11-9-17)32-25(34)22(28)23(26(32)35)29-19-7-5-6-18(16-19)24(33)31(3)20-12-14-30(2)15-13-20/h5-11,16,20,29H,4,12-15H2,1-3H3. The molecule has 1 N–H and O–H groups in total. The van der Waals surface area contributed by atoms with E-state index in [2.05, 4.69) is 17.3 Å². The van der Waals surface area contributed by atoms with Gasteiger partial charge < -0.3 is 19.9 Å². The average Bonchev–Trinajstić information content (AvgIpc) is 3.11. The van der Waals surface area contributed by atoms with E-state index in [0.29, 0.717) is 16.8 Å². The third-order valence-electron chi connectivity index (χ3n) is 6.60. The molecule has 3 amide bonds. The van der Waals surface area contributed by atoms with Gasteiger partial charge in [0.1, 0.15) is 10.7 Å². The van der Waals surface area contributed by atoms with E-state index >= 15 is 0 Å². The maximum absolute atomic E-state index is 13.1. The van der Waals surface area contributed by atoms with Crippen molar-refractivity contribution in [3.8, 4) is 0 Å². The van der Waals surface area contributed by atoms with Crippen LogP contribution in [0.1, 0.15) is 40.5 Å². The second-order valence-corrected chi connectivity index (χ2v) is 9.44. The van der Waals surface area contributed by atoms with Gasteiger partial charge in [0.15, 0.2) is 0 Å². The van der Waals surface area contributed by atoms with Crippen molar-refractivity contribution in [2.45, 2.75) is 25.8 Å². The van der Waals surface area contributed by atoms with E-state index in [4.69, 9.17) is 16.3 Å². The number of benzene rings is 2. The van der Waals surface area contributed by atoms with Gasteiger partial charge in [0.2, 0.25) is 0 Å². The second-order valence-electron chi connectivity index (χ2n) is 9.06. The average molecular weight is 525 g/mol. The first kappa shape index (κ1) is 26.4. The molecule has 0 spiro atoms. The Morgan fingerprint density at radius 3 is 2.38 bits per heavy atom. The monoisotopic (exact) mass is 524 g/mol. The van der Waals surface area contributed by atoms with Crippen LogP contribution in [0, 0.1) is 0 Å². The zero-order chi connectivity index (χ0) is 26.7. The summed E-state index contributed by atoms with van der Waals surface area (Å²) in [5.41, 5.74) is 1.40. The molecule has 1 fully saturated rings. The summed E-state index contributed by atoms with van der Waals surface area (Å²) in [4.78, 5) is 55.9. The number of esters is 1. The Bertz CT molecular complexity index is 1250. The third-order valence-corrected chi connectivity index (χ3v) is 6.95. The molecule has 194 valence electrons. The summed E-state index contributed by atoms with van der Waals surface area (Å²) >= 11 is 6.26. The highest BCUT2D eigenvalue weighted by molar-refractivity contribution is 6.53. The smallest absolute Gasteiger partial charge is 0.338 e. The van der Waals surface area contributed by atoms with Gasteiger partial charge in [-0.1, -0.05) is 17.7 Å². The van der Waals surface area contributed by atoms with Crippen LogP contribution in [0.4, 0.5) is 11.4 Å². The van der Waals surface area contributed by atoms with Crippen LogP contribution in [0.5, 0.6) is 0 Å². The number of carbonyl (C=O) groups is 4. The van der Waals surface area contributed by atoms with Crippen LogP contribution in [-0.2, 0) is 14.3 Å². The molecule has 0 bridgehead atoms. The topological polar surface area (TPSA) is 99.3 Å². The Kier molecular flexibility index (Phi) is 7.94. The van der Waals surface area contributed by atoms with Crippen molar-refractivity contribution >= 4 is 46.7 Å². The van der Waals surface area contributed by atoms with E-state index in [0.717, 1.165) is 30.8 Å². The van der Waals surface area contributed by atoms with Crippen LogP contribution in [0.3, 0.4) is 0 Å². The van der Waals surface area contributed by atoms with E-state index < -0.39 is 17.8 Å². The largest absolute Gasteiger partial charge is 0.462 e. The summed E-state index contributed by atoms with van der Waals surface area (Å²) in [6, 6.07) is 12.8. The van der Waals surface area contributed by atoms with Gasteiger partial charge in [-0.25, -0.2) is 9.69 Å². The number of hydrogen-bond acceptors (Lipinski definition) is 7. The SMILES string of the molecule is CCOC(=O)c1ccc(N2C(=O)C(Cl)=C(Nc3cccc(C(=O)N(C)C4CCN(C)CC4)c3)C2=O)cc1. The van der Waals surface area contributed by atoms with Gasteiger partial charge >= 0.3 is 5.97 Å². The number of nitrogens with one attached hydrogen (secondary N) is 1. The summed E-state index contributed by atoms with van der Waals surface area (Å²) in [5, 5.41) is 2.66. The molecule has 0 saturated carbocycles. The van der Waals surface area contributed by atoms with Gasteiger partial charge in [-0.15, -0.1) is 0 Å². The van der Waals surface area contributed by atoms with Gasteiger partial charge in [-0.05, 0) is 82.4 Å². The Balaban J connectivity index is 1.48. The molecule has 10 heteroatoms. The number of amides is 3. The zero-order valence-electron chi connectivity index (χ0n) is 21.0. The van der Waals surface area contributed by atoms with Crippen molar-refractivity contribution in [3.63, 3.8) is 0 Å². The number of anilines is 2. The van der Waals surface area contributed by atoms with Gasteiger partial charge in [0.05, 0.1) is 17.9 Å². The number of likely N-dealkylation sites (tertiary alicyclic amines) is 1. The van der Waals surface area contributed by atoms with Crippen molar-refractivity contribution in [1.29, 1.82) is 0 Å². The van der Waals surface area contributed by atoms with E-state index in [-0.39, 0.29) is 35.0 Å². The molecule has 9 nitrogen and oxygen atoms in total. The normalized spacial score (nSPS) is 16.8. The molecule has 0 radical (unpaired) electrons. The Labute approximate surface area is 220 Å². The fourth-order valence-electron chi connectivity index (χ4n) is 4.43. The van der Waals surface area contributed by atoms with Gasteiger partial charge in [-0.2, -0.15) is 0 Å². The lowest BCUT2D eigenvalue weighted by Gasteiger charge is -2.35. The quantitative estimate of drug-likeness (QED) is 0.437. The number of rotatable bonds is 7. The first-order valence-corrected chi connectivity index (χ1v) is 12.5. The summed E-state index contributed by atoms with van der Waals surface area (Å²) in [5.74, 6) is -1.94. The minimum atomic E-state index is -0.688. The molecule has 0 aromatic heterocycles. The van der Waals surface area contributed by atoms with Crippen LogP contribution in [-0.4, -0.2) is 73.3 Å². The summed E-state index contributed by atoms with van der Waals surface area (Å²) in [6.07, 6.45) is 1.82. The highest BCUT2D eigenvalue weighted by Crippen LogP contribution is 2.30. The minimum Gasteiger partial charge on any atom is -0.462 e.